The number of piperidine rings is 1. The van der Waals surface area contributed by atoms with E-state index in [1.165, 1.54) is 0 Å². The van der Waals surface area contributed by atoms with Crippen molar-refractivity contribution in [1.29, 1.82) is 5.26 Å². The van der Waals surface area contributed by atoms with Crippen molar-refractivity contribution in [3.05, 3.63) is 35.4 Å². The maximum absolute atomic E-state index is 12.0. The molecule has 1 heterocycles. The van der Waals surface area contributed by atoms with Crippen LogP contribution in [0.25, 0.3) is 0 Å². The fourth-order valence-electron chi connectivity index (χ4n) is 4.13. The van der Waals surface area contributed by atoms with Crippen molar-refractivity contribution < 1.29 is 9.90 Å². The molecule has 0 aromatic heterocycles. The normalized spacial score (nSPS) is 29.3. The number of carbonyl (C=O) groups excluding carboxylic acids is 1. The quantitative estimate of drug-likeness (QED) is 0.889. The minimum Gasteiger partial charge on any atom is -0.390 e. The summed E-state index contributed by atoms with van der Waals surface area (Å²) >= 11 is 0. The second-order valence-corrected chi connectivity index (χ2v) is 6.83. The zero-order valence-electron chi connectivity index (χ0n) is 13.2. The van der Waals surface area contributed by atoms with Gasteiger partial charge in [-0.3, -0.25) is 9.69 Å². The highest BCUT2D eigenvalue weighted by molar-refractivity contribution is 5.81. The Bertz CT molecular complexity index is 622. The summed E-state index contributed by atoms with van der Waals surface area (Å²) in [4.78, 5) is 14.1. The summed E-state index contributed by atoms with van der Waals surface area (Å²) in [6.07, 6.45) is 4.79. The molecule has 1 saturated heterocycles. The van der Waals surface area contributed by atoms with Gasteiger partial charge >= 0.3 is 0 Å². The number of nitrogens with zero attached hydrogens (tertiary/aromatic N) is 2. The van der Waals surface area contributed by atoms with Crippen LogP contribution in [-0.2, 0) is 4.79 Å². The van der Waals surface area contributed by atoms with Gasteiger partial charge in [0.2, 0.25) is 5.91 Å². The molecule has 0 bridgehead atoms. The van der Waals surface area contributed by atoms with Gasteiger partial charge < -0.3 is 10.8 Å². The molecule has 1 aromatic carbocycles. The average molecular weight is 313 g/mol. The number of primary amides is 1. The molecule has 1 aliphatic heterocycles. The first kappa shape index (κ1) is 16.0. The third-order valence-corrected chi connectivity index (χ3v) is 5.45. The Hall–Kier alpha value is -1.90. The topological polar surface area (TPSA) is 90.3 Å². The Kier molecular flexibility index (Phi) is 4.38. The molecule has 2 aliphatic rings. The van der Waals surface area contributed by atoms with Crippen LogP contribution in [0, 0.1) is 17.2 Å². The molecular weight excluding hydrogens is 290 g/mol. The first-order valence-corrected chi connectivity index (χ1v) is 8.29. The van der Waals surface area contributed by atoms with Crippen LogP contribution >= 0.6 is 0 Å². The summed E-state index contributed by atoms with van der Waals surface area (Å²) in [5.41, 5.74) is 6.48. The van der Waals surface area contributed by atoms with E-state index in [1.807, 2.05) is 0 Å². The molecule has 3 rings (SSSR count). The Balaban J connectivity index is 1.81. The van der Waals surface area contributed by atoms with Crippen LogP contribution in [0.15, 0.2) is 24.3 Å². The van der Waals surface area contributed by atoms with Gasteiger partial charge in [-0.25, -0.2) is 0 Å². The third kappa shape index (κ3) is 3.10. The monoisotopic (exact) mass is 313 g/mol. The summed E-state index contributed by atoms with van der Waals surface area (Å²) in [5.74, 6) is -0.166. The van der Waals surface area contributed by atoms with Crippen LogP contribution in [0.5, 0.6) is 0 Å². The number of rotatable bonds is 3. The van der Waals surface area contributed by atoms with Gasteiger partial charge in [-0.05, 0) is 37.0 Å². The van der Waals surface area contributed by atoms with Crippen LogP contribution in [0.1, 0.15) is 49.3 Å². The van der Waals surface area contributed by atoms with Crippen LogP contribution in [0.4, 0.5) is 0 Å². The van der Waals surface area contributed by atoms with E-state index in [0.29, 0.717) is 25.1 Å². The van der Waals surface area contributed by atoms with Crippen LogP contribution < -0.4 is 5.73 Å². The summed E-state index contributed by atoms with van der Waals surface area (Å²) in [6.45, 7) is 1.37. The van der Waals surface area contributed by atoms with E-state index in [4.69, 9.17) is 11.0 Å². The molecule has 0 radical (unpaired) electrons. The van der Waals surface area contributed by atoms with E-state index in [2.05, 4.69) is 11.0 Å². The van der Waals surface area contributed by atoms with E-state index in [-0.39, 0.29) is 11.8 Å². The standard InChI is InChI=1S/C18H23N3O2/c19-11-13-4-6-14(7-5-13)16(17(20)22)21-10-9-18(23)8-2-1-3-15(18)12-21/h4-7,15-16,23H,1-3,8-10,12H2,(H2,20,22)/t15-,16-,18+/m1/s1. The van der Waals surface area contributed by atoms with E-state index in [1.54, 1.807) is 24.3 Å². The molecule has 5 heteroatoms. The minimum atomic E-state index is -0.568. The van der Waals surface area contributed by atoms with E-state index >= 15 is 0 Å². The van der Waals surface area contributed by atoms with Crippen LogP contribution in [0.3, 0.4) is 0 Å². The van der Waals surface area contributed by atoms with Gasteiger partial charge in [-0.2, -0.15) is 5.26 Å². The van der Waals surface area contributed by atoms with Crippen molar-refractivity contribution in [1.82, 2.24) is 4.90 Å². The number of benzene rings is 1. The van der Waals surface area contributed by atoms with Gasteiger partial charge in [0, 0.05) is 19.0 Å². The molecular formula is C18H23N3O2. The van der Waals surface area contributed by atoms with Crippen molar-refractivity contribution in [2.45, 2.75) is 43.7 Å². The molecule has 3 N–H and O–H groups in total. The van der Waals surface area contributed by atoms with Gasteiger partial charge in [0.25, 0.3) is 0 Å². The smallest absolute Gasteiger partial charge is 0.239 e. The predicted octanol–water partition coefficient (Wildman–Crippen LogP) is 1.71. The van der Waals surface area contributed by atoms with Crippen molar-refractivity contribution in [2.75, 3.05) is 13.1 Å². The van der Waals surface area contributed by atoms with E-state index in [9.17, 15) is 9.90 Å². The summed E-state index contributed by atoms with van der Waals surface area (Å²) in [5, 5.41) is 19.7. The lowest BCUT2D eigenvalue weighted by atomic mass is 9.71. The first-order chi connectivity index (χ1) is 11.0. The number of hydrogen-bond acceptors (Lipinski definition) is 4. The predicted molar refractivity (Wildman–Crippen MR) is 86.2 cm³/mol. The van der Waals surface area contributed by atoms with Crippen LogP contribution in [0.2, 0.25) is 0 Å². The van der Waals surface area contributed by atoms with Crippen molar-refractivity contribution in [3.8, 4) is 6.07 Å². The lowest BCUT2D eigenvalue weighted by Crippen LogP contribution is -2.55. The molecule has 2 fully saturated rings. The molecule has 0 spiro atoms. The molecule has 0 unspecified atom stereocenters. The number of aliphatic hydroxyl groups is 1. The average Bonchev–Trinajstić information content (AvgIpc) is 2.55. The summed E-state index contributed by atoms with van der Waals surface area (Å²) in [7, 11) is 0. The van der Waals surface area contributed by atoms with Gasteiger partial charge in [0.15, 0.2) is 0 Å². The maximum atomic E-state index is 12.0. The molecule has 1 aromatic rings. The molecule has 1 amide bonds. The second-order valence-electron chi connectivity index (χ2n) is 6.83. The van der Waals surface area contributed by atoms with E-state index in [0.717, 1.165) is 31.2 Å². The fraction of sp³-hybridized carbons (Fsp3) is 0.556. The molecule has 122 valence electrons. The Labute approximate surface area is 136 Å². The number of fused-ring (bicyclic) bond motifs is 1. The Morgan fingerprint density at radius 2 is 2.09 bits per heavy atom. The first-order valence-electron chi connectivity index (χ1n) is 8.29. The number of amides is 1. The summed E-state index contributed by atoms with van der Waals surface area (Å²) in [6, 6.07) is 8.62. The fourth-order valence-corrected chi connectivity index (χ4v) is 4.13. The lowest BCUT2D eigenvalue weighted by molar-refractivity contribution is -0.132. The molecule has 5 nitrogen and oxygen atoms in total. The molecule has 1 saturated carbocycles. The summed E-state index contributed by atoms with van der Waals surface area (Å²) < 4.78 is 0. The molecule has 3 atom stereocenters. The maximum Gasteiger partial charge on any atom is 0.239 e. The van der Waals surface area contributed by atoms with Crippen molar-refractivity contribution in [2.24, 2.45) is 11.7 Å². The lowest BCUT2D eigenvalue weighted by Gasteiger charge is -2.49. The Morgan fingerprint density at radius 3 is 2.74 bits per heavy atom. The third-order valence-electron chi connectivity index (χ3n) is 5.45. The zero-order chi connectivity index (χ0) is 16.4. The van der Waals surface area contributed by atoms with Gasteiger partial charge in [0.1, 0.15) is 6.04 Å². The highest BCUT2D eigenvalue weighted by atomic mass is 16.3. The van der Waals surface area contributed by atoms with Crippen LogP contribution in [-0.4, -0.2) is 34.6 Å². The highest BCUT2D eigenvalue weighted by Crippen LogP contribution is 2.41. The number of carbonyl (C=O) groups is 1. The van der Waals surface area contributed by atoms with Gasteiger partial charge in [-0.15, -0.1) is 0 Å². The van der Waals surface area contributed by atoms with Gasteiger partial charge in [0.05, 0.1) is 17.2 Å². The van der Waals surface area contributed by atoms with Gasteiger partial charge in [-0.1, -0.05) is 25.0 Å². The van der Waals surface area contributed by atoms with Crippen molar-refractivity contribution in [3.63, 3.8) is 0 Å². The highest BCUT2D eigenvalue weighted by Gasteiger charge is 2.44. The minimum absolute atomic E-state index is 0.213. The molecule has 1 aliphatic carbocycles. The van der Waals surface area contributed by atoms with E-state index < -0.39 is 11.6 Å². The Morgan fingerprint density at radius 1 is 1.35 bits per heavy atom. The van der Waals surface area contributed by atoms with Crippen molar-refractivity contribution >= 4 is 5.91 Å². The number of nitrogens with two attached hydrogens (primary N) is 1. The number of likely N-dealkylation sites (tertiary alicyclic amines) is 1. The SMILES string of the molecule is N#Cc1ccc([C@H](C(N)=O)N2CC[C@@]3(O)CCCC[C@@H]3C2)cc1. The number of hydrogen-bond donors (Lipinski definition) is 2. The zero-order valence-corrected chi connectivity index (χ0v) is 13.2. The molecule has 23 heavy (non-hydrogen) atoms. The largest absolute Gasteiger partial charge is 0.390 e. The second kappa shape index (κ2) is 6.31. The number of nitriles is 1.